The SMILES string of the molecule is Cc1ccnc(Nc2ccc(NCCNC(=O)c3ccc(Br)cc3)nn2)c1. The molecule has 0 unspecified atom stereocenters. The first-order chi connectivity index (χ1) is 13.1. The van der Waals surface area contributed by atoms with Crippen LogP contribution in [0.5, 0.6) is 0 Å². The minimum Gasteiger partial charge on any atom is -0.367 e. The maximum atomic E-state index is 12.0. The molecule has 0 bridgehead atoms. The highest BCUT2D eigenvalue weighted by Gasteiger charge is 2.04. The number of halogens is 1. The van der Waals surface area contributed by atoms with Crippen LogP contribution in [0.2, 0.25) is 0 Å². The molecular formula is C19H19BrN6O. The number of nitrogens with zero attached hydrogens (tertiary/aromatic N) is 3. The first kappa shape index (κ1) is 18.8. The molecule has 27 heavy (non-hydrogen) atoms. The molecule has 2 heterocycles. The number of rotatable bonds is 7. The van der Waals surface area contributed by atoms with Gasteiger partial charge in [-0.1, -0.05) is 15.9 Å². The van der Waals surface area contributed by atoms with Crippen molar-refractivity contribution < 1.29 is 4.79 Å². The Morgan fingerprint density at radius 3 is 2.41 bits per heavy atom. The van der Waals surface area contributed by atoms with E-state index in [2.05, 4.69) is 47.1 Å². The number of carbonyl (C=O) groups excluding carboxylic acids is 1. The summed E-state index contributed by atoms with van der Waals surface area (Å²) in [5.74, 6) is 1.86. The monoisotopic (exact) mass is 426 g/mol. The molecule has 0 saturated carbocycles. The van der Waals surface area contributed by atoms with Crippen molar-refractivity contribution in [1.82, 2.24) is 20.5 Å². The number of amides is 1. The van der Waals surface area contributed by atoms with E-state index in [0.717, 1.165) is 15.9 Å². The Morgan fingerprint density at radius 1 is 0.963 bits per heavy atom. The number of pyridine rings is 1. The van der Waals surface area contributed by atoms with Gasteiger partial charge in [-0.3, -0.25) is 4.79 Å². The number of aromatic nitrogens is 3. The summed E-state index contributed by atoms with van der Waals surface area (Å²) >= 11 is 3.35. The molecule has 1 aromatic carbocycles. The second kappa shape index (κ2) is 9.09. The summed E-state index contributed by atoms with van der Waals surface area (Å²) in [6, 6.07) is 14.7. The summed E-state index contributed by atoms with van der Waals surface area (Å²) < 4.78 is 0.940. The van der Waals surface area contributed by atoms with Gasteiger partial charge < -0.3 is 16.0 Å². The highest BCUT2D eigenvalue weighted by Crippen LogP contribution is 2.13. The molecule has 3 rings (SSSR count). The van der Waals surface area contributed by atoms with Crippen LogP contribution in [0.3, 0.4) is 0 Å². The van der Waals surface area contributed by atoms with Gasteiger partial charge in [-0.25, -0.2) is 4.98 Å². The average molecular weight is 427 g/mol. The number of aryl methyl sites for hydroxylation is 1. The van der Waals surface area contributed by atoms with Crippen molar-refractivity contribution in [1.29, 1.82) is 0 Å². The first-order valence-corrected chi connectivity index (χ1v) is 9.20. The van der Waals surface area contributed by atoms with Crippen LogP contribution in [0, 0.1) is 6.92 Å². The molecule has 7 nitrogen and oxygen atoms in total. The zero-order chi connectivity index (χ0) is 19.1. The van der Waals surface area contributed by atoms with E-state index in [0.29, 0.717) is 30.3 Å². The van der Waals surface area contributed by atoms with E-state index in [-0.39, 0.29) is 5.91 Å². The highest BCUT2D eigenvalue weighted by molar-refractivity contribution is 9.10. The summed E-state index contributed by atoms with van der Waals surface area (Å²) in [6.45, 7) is 3.02. The Morgan fingerprint density at radius 2 is 1.70 bits per heavy atom. The molecule has 1 amide bonds. The highest BCUT2D eigenvalue weighted by atomic mass is 79.9. The van der Waals surface area contributed by atoms with Gasteiger partial charge in [-0.2, -0.15) is 0 Å². The summed E-state index contributed by atoms with van der Waals surface area (Å²) in [4.78, 5) is 16.2. The van der Waals surface area contributed by atoms with Gasteiger partial charge in [0.25, 0.3) is 5.91 Å². The summed E-state index contributed by atoms with van der Waals surface area (Å²) in [6.07, 6.45) is 1.74. The number of anilines is 3. The van der Waals surface area contributed by atoms with Gasteiger partial charge >= 0.3 is 0 Å². The fourth-order valence-corrected chi connectivity index (χ4v) is 2.56. The van der Waals surface area contributed by atoms with Crippen molar-refractivity contribution in [2.24, 2.45) is 0 Å². The van der Waals surface area contributed by atoms with Crippen LogP contribution in [0.4, 0.5) is 17.5 Å². The van der Waals surface area contributed by atoms with Gasteiger partial charge in [0.2, 0.25) is 0 Å². The minimum absolute atomic E-state index is 0.111. The summed E-state index contributed by atoms with van der Waals surface area (Å²) in [5, 5.41) is 17.3. The number of benzene rings is 1. The molecule has 3 N–H and O–H groups in total. The zero-order valence-corrected chi connectivity index (χ0v) is 16.3. The number of hydrogen-bond donors (Lipinski definition) is 3. The molecule has 0 aliphatic carbocycles. The van der Waals surface area contributed by atoms with Crippen LogP contribution in [0.15, 0.2) is 59.2 Å². The van der Waals surface area contributed by atoms with Gasteiger partial charge in [-0.05, 0) is 61.0 Å². The second-order valence-electron chi connectivity index (χ2n) is 5.84. The van der Waals surface area contributed by atoms with Crippen LogP contribution < -0.4 is 16.0 Å². The zero-order valence-electron chi connectivity index (χ0n) is 14.7. The lowest BCUT2D eigenvalue weighted by Gasteiger charge is -2.08. The Hall–Kier alpha value is -3.00. The maximum Gasteiger partial charge on any atom is 0.251 e. The van der Waals surface area contributed by atoms with Crippen LogP contribution in [0.1, 0.15) is 15.9 Å². The van der Waals surface area contributed by atoms with Gasteiger partial charge in [0.05, 0.1) is 0 Å². The van der Waals surface area contributed by atoms with E-state index >= 15 is 0 Å². The predicted octanol–water partition coefficient (Wildman–Crippen LogP) is 3.53. The third kappa shape index (κ3) is 5.75. The molecule has 3 aromatic rings. The second-order valence-corrected chi connectivity index (χ2v) is 6.75. The van der Waals surface area contributed by atoms with Crippen LogP contribution in [-0.4, -0.2) is 34.2 Å². The van der Waals surface area contributed by atoms with E-state index in [1.807, 2.05) is 43.3 Å². The third-order valence-electron chi connectivity index (χ3n) is 3.66. The number of hydrogen-bond acceptors (Lipinski definition) is 6. The van der Waals surface area contributed by atoms with E-state index in [4.69, 9.17) is 0 Å². The molecule has 0 atom stereocenters. The maximum absolute atomic E-state index is 12.0. The van der Waals surface area contributed by atoms with E-state index in [1.165, 1.54) is 0 Å². The third-order valence-corrected chi connectivity index (χ3v) is 4.19. The standard InChI is InChI=1S/C19H19BrN6O/c1-13-8-9-21-18(12-13)24-17-7-6-16(25-26-17)22-10-11-23-19(27)14-2-4-15(20)5-3-14/h2-9,12H,10-11H2,1H3,(H,22,25)(H,23,27)(H,21,24,26). The topological polar surface area (TPSA) is 91.8 Å². The quantitative estimate of drug-likeness (QED) is 0.500. The molecule has 8 heteroatoms. The van der Waals surface area contributed by atoms with E-state index in [1.54, 1.807) is 18.3 Å². The molecule has 0 aliphatic heterocycles. The summed E-state index contributed by atoms with van der Waals surface area (Å²) in [5.41, 5.74) is 1.74. The lowest BCUT2D eigenvalue weighted by atomic mass is 10.2. The Bertz CT molecular complexity index is 899. The fourth-order valence-electron chi connectivity index (χ4n) is 2.30. The summed E-state index contributed by atoms with van der Waals surface area (Å²) in [7, 11) is 0. The lowest BCUT2D eigenvalue weighted by Crippen LogP contribution is -2.28. The van der Waals surface area contributed by atoms with Crippen LogP contribution >= 0.6 is 15.9 Å². The van der Waals surface area contributed by atoms with Gasteiger partial charge in [0.15, 0.2) is 5.82 Å². The first-order valence-electron chi connectivity index (χ1n) is 8.41. The average Bonchev–Trinajstić information content (AvgIpc) is 2.67. The Balaban J connectivity index is 1.43. The Labute approximate surface area is 165 Å². The lowest BCUT2D eigenvalue weighted by molar-refractivity contribution is 0.0955. The van der Waals surface area contributed by atoms with Gasteiger partial charge in [0.1, 0.15) is 11.6 Å². The van der Waals surface area contributed by atoms with Crippen molar-refractivity contribution in [2.75, 3.05) is 23.7 Å². The predicted molar refractivity (Wildman–Crippen MR) is 109 cm³/mol. The van der Waals surface area contributed by atoms with Crippen molar-refractivity contribution in [2.45, 2.75) is 6.92 Å². The van der Waals surface area contributed by atoms with Crippen molar-refractivity contribution >= 4 is 39.3 Å². The molecule has 138 valence electrons. The molecular weight excluding hydrogens is 408 g/mol. The van der Waals surface area contributed by atoms with E-state index < -0.39 is 0 Å². The van der Waals surface area contributed by atoms with Crippen molar-refractivity contribution in [3.05, 3.63) is 70.3 Å². The van der Waals surface area contributed by atoms with Crippen molar-refractivity contribution in [3.8, 4) is 0 Å². The fraction of sp³-hybridized carbons (Fsp3) is 0.158. The number of nitrogens with one attached hydrogen (secondary N) is 3. The molecule has 0 spiro atoms. The number of carbonyl (C=O) groups is 1. The minimum atomic E-state index is -0.111. The molecule has 2 aromatic heterocycles. The van der Waals surface area contributed by atoms with Crippen molar-refractivity contribution in [3.63, 3.8) is 0 Å². The molecule has 0 saturated heterocycles. The van der Waals surface area contributed by atoms with Crippen LogP contribution in [0.25, 0.3) is 0 Å². The smallest absolute Gasteiger partial charge is 0.251 e. The largest absolute Gasteiger partial charge is 0.367 e. The molecule has 0 fully saturated rings. The van der Waals surface area contributed by atoms with Gasteiger partial charge in [-0.15, -0.1) is 10.2 Å². The van der Waals surface area contributed by atoms with Gasteiger partial charge in [0, 0.05) is 29.3 Å². The molecule has 0 radical (unpaired) electrons. The van der Waals surface area contributed by atoms with Crippen LogP contribution in [-0.2, 0) is 0 Å². The molecule has 0 aliphatic rings. The normalized spacial score (nSPS) is 10.3. The Kier molecular flexibility index (Phi) is 6.32. The van der Waals surface area contributed by atoms with E-state index in [9.17, 15) is 4.79 Å².